The molecule has 1 aromatic heterocycles. The van der Waals surface area contributed by atoms with Crippen LogP contribution < -0.4 is 5.32 Å². The minimum absolute atomic E-state index is 0.701. The van der Waals surface area contributed by atoms with Gasteiger partial charge in [-0.3, -0.25) is 0 Å². The van der Waals surface area contributed by atoms with Gasteiger partial charge in [0.25, 0.3) is 0 Å². The second kappa shape index (κ2) is 5.39. The lowest BCUT2D eigenvalue weighted by atomic mass is 10.3. The van der Waals surface area contributed by atoms with Crippen LogP contribution >= 0.6 is 11.3 Å². The van der Waals surface area contributed by atoms with Gasteiger partial charge >= 0.3 is 5.97 Å². The summed E-state index contributed by atoms with van der Waals surface area (Å²) < 4.78 is 0. The van der Waals surface area contributed by atoms with E-state index in [1.165, 1.54) is 6.20 Å². The largest absolute Gasteiger partial charge is 0.478 e. The number of carbonyl (C=O) groups is 1. The van der Waals surface area contributed by atoms with Crippen LogP contribution in [0.3, 0.4) is 0 Å². The van der Waals surface area contributed by atoms with E-state index in [0.717, 1.165) is 23.2 Å². The fourth-order valence-corrected chi connectivity index (χ4v) is 1.58. The minimum atomic E-state index is -0.943. The summed E-state index contributed by atoms with van der Waals surface area (Å²) in [6.07, 6.45) is 3.32. The lowest BCUT2D eigenvalue weighted by molar-refractivity contribution is -0.131. The molecule has 0 aliphatic rings. The molecule has 0 amide bonds. The maximum atomic E-state index is 10.1. The fourth-order valence-electron chi connectivity index (χ4n) is 0.937. The molecule has 0 radical (unpaired) electrons. The van der Waals surface area contributed by atoms with Crippen LogP contribution in [0.2, 0.25) is 0 Å². The van der Waals surface area contributed by atoms with Gasteiger partial charge in [0.15, 0.2) is 0 Å². The third-order valence-electron chi connectivity index (χ3n) is 1.54. The van der Waals surface area contributed by atoms with Crippen molar-refractivity contribution in [1.82, 2.24) is 10.3 Å². The standard InChI is InChI=1S/C9H12N2O2S/c1-7-11-8(6-14-7)2-4-10-5-3-9(12)13/h3,5-6,10H,2,4H2,1H3,(H,12,13)/b5-3+. The van der Waals surface area contributed by atoms with Gasteiger partial charge in [-0.15, -0.1) is 11.3 Å². The summed E-state index contributed by atoms with van der Waals surface area (Å²) in [5.41, 5.74) is 1.05. The Morgan fingerprint density at radius 2 is 2.57 bits per heavy atom. The Kier molecular flexibility index (Phi) is 4.12. The van der Waals surface area contributed by atoms with E-state index in [2.05, 4.69) is 10.3 Å². The normalized spacial score (nSPS) is 10.6. The van der Waals surface area contributed by atoms with Gasteiger partial charge in [-0.1, -0.05) is 0 Å². The third-order valence-corrected chi connectivity index (χ3v) is 2.36. The van der Waals surface area contributed by atoms with Crippen LogP contribution in [0.5, 0.6) is 0 Å². The predicted octanol–water partition coefficient (Wildman–Crippen LogP) is 1.18. The van der Waals surface area contributed by atoms with Gasteiger partial charge in [-0.25, -0.2) is 9.78 Å². The average molecular weight is 212 g/mol. The molecule has 2 N–H and O–H groups in total. The highest BCUT2D eigenvalue weighted by atomic mass is 32.1. The van der Waals surface area contributed by atoms with Gasteiger partial charge < -0.3 is 10.4 Å². The first kappa shape index (κ1) is 10.7. The Bertz CT molecular complexity index is 333. The lowest BCUT2D eigenvalue weighted by Crippen LogP contribution is -2.10. The molecule has 0 atom stereocenters. The second-order valence-electron chi connectivity index (χ2n) is 2.73. The quantitative estimate of drug-likeness (QED) is 0.568. The number of aromatic nitrogens is 1. The minimum Gasteiger partial charge on any atom is -0.478 e. The molecule has 0 unspecified atom stereocenters. The molecule has 1 heterocycles. The smallest absolute Gasteiger partial charge is 0.329 e. The van der Waals surface area contributed by atoms with Gasteiger partial charge in [0.05, 0.1) is 10.7 Å². The molecule has 1 rings (SSSR count). The van der Waals surface area contributed by atoms with Crippen LogP contribution in [-0.2, 0) is 11.2 Å². The van der Waals surface area contributed by atoms with Crippen molar-refractivity contribution < 1.29 is 9.90 Å². The highest BCUT2D eigenvalue weighted by molar-refractivity contribution is 7.09. The SMILES string of the molecule is Cc1nc(CCN/C=C/C(=O)O)cs1. The van der Waals surface area contributed by atoms with E-state index in [1.54, 1.807) is 11.3 Å². The molecule has 0 spiro atoms. The highest BCUT2D eigenvalue weighted by Gasteiger charge is 1.96. The van der Waals surface area contributed by atoms with Crippen molar-refractivity contribution in [2.45, 2.75) is 13.3 Å². The highest BCUT2D eigenvalue weighted by Crippen LogP contribution is 2.07. The summed E-state index contributed by atoms with van der Waals surface area (Å²) in [7, 11) is 0. The van der Waals surface area contributed by atoms with E-state index in [0.29, 0.717) is 6.54 Å². The van der Waals surface area contributed by atoms with Crippen LogP contribution in [0.25, 0.3) is 0 Å². The van der Waals surface area contributed by atoms with E-state index in [9.17, 15) is 4.79 Å². The van der Waals surface area contributed by atoms with Crippen molar-refractivity contribution in [2.24, 2.45) is 0 Å². The number of nitrogens with one attached hydrogen (secondary N) is 1. The second-order valence-corrected chi connectivity index (χ2v) is 3.80. The number of aryl methyl sites for hydroxylation is 1. The van der Waals surface area contributed by atoms with Crippen molar-refractivity contribution in [1.29, 1.82) is 0 Å². The maximum Gasteiger partial charge on any atom is 0.329 e. The zero-order valence-electron chi connectivity index (χ0n) is 7.86. The number of hydrogen-bond donors (Lipinski definition) is 2. The van der Waals surface area contributed by atoms with Gasteiger partial charge in [-0.2, -0.15) is 0 Å². The molecule has 0 aliphatic carbocycles. The Morgan fingerprint density at radius 1 is 1.79 bits per heavy atom. The van der Waals surface area contributed by atoms with E-state index in [4.69, 9.17) is 5.11 Å². The zero-order chi connectivity index (χ0) is 10.4. The Labute approximate surface area is 86.3 Å². The molecule has 5 heteroatoms. The van der Waals surface area contributed by atoms with Crippen LogP contribution in [-0.4, -0.2) is 22.6 Å². The van der Waals surface area contributed by atoms with Gasteiger partial charge in [0.2, 0.25) is 0 Å². The molecule has 1 aromatic rings. The Morgan fingerprint density at radius 3 is 3.14 bits per heavy atom. The topological polar surface area (TPSA) is 62.2 Å². The number of nitrogens with zero attached hydrogens (tertiary/aromatic N) is 1. The molecule has 4 nitrogen and oxygen atoms in total. The summed E-state index contributed by atoms with van der Waals surface area (Å²) in [6.45, 7) is 2.67. The van der Waals surface area contributed by atoms with E-state index < -0.39 is 5.97 Å². The number of aliphatic carboxylic acids is 1. The summed E-state index contributed by atoms with van der Waals surface area (Å²) in [5, 5.41) is 14.2. The van der Waals surface area contributed by atoms with Crippen molar-refractivity contribution in [3.8, 4) is 0 Å². The molecule has 0 bridgehead atoms. The Balaban J connectivity index is 2.19. The fraction of sp³-hybridized carbons (Fsp3) is 0.333. The molecule has 0 saturated carbocycles. The van der Waals surface area contributed by atoms with E-state index in [-0.39, 0.29) is 0 Å². The summed E-state index contributed by atoms with van der Waals surface area (Å²) in [5.74, 6) is -0.943. The summed E-state index contributed by atoms with van der Waals surface area (Å²) >= 11 is 1.62. The zero-order valence-corrected chi connectivity index (χ0v) is 8.67. The number of carboxylic acids is 1. The van der Waals surface area contributed by atoms with E-state index >= 15 is 0 Å². The van der Waals surface area contributed by atoms with Crippen LogP contribution in [0.15, 0.2) is 17.7 Å². The number of carboxylic acid groups (broad SMARTS) is 1. The first-order valence-corrected chi connectivity index (χ1v) is 5.10. The van der Waals surface area contributed by atoms with Gasteiger partial charge in [-0.05, 0) is 6.92 Å². The van der Waals surface area contributed by atoms with Gasteiger partial charge in [0, 0.05) is 30.6 Å². The van der Waals surface area contributed by atoms with Crippen molar-refractivity contribution in [3.05, 3.63) is 28.4 Å². The van der Waals surface area contributed by atoms with Gasteiger partial charge in [0.1, 0.15) is 0 Å². The molecular formula is C9H12N2O2S. The molecular weight excluding hydrogens is 200 g/mol. The number of rotatable bonds is 5. The number of thiazole rings is 1. The summed E-state index contributed by atoms with van der Waals surface area (Å²) in [6, 6.07) is 0. The van der Waals surface area contributed by atoms with Crippen LogP contribution in [0, 0.1) is 6.92 Å². The number of hydrogen-bond acceptors (Lipinski definition) is 4. The third kappa shape index (κ3) is 4.04. The van der Waals surface area contributed by atoms with E-state index in [1.807, 2.05) is 12.3 Å². The molecule has 76 valence electrons. The van der Waals surface area contributed by atoms with Crippen molar-refractivity contribution in [3.63, 3.8) is 0 Å². The average Bonchev–Trinajstić information content (AvgIpc) is 2.50. The Hall–Kier alpha value is -1.36. The van der Waals surface area contributed by atoms with Crippen LogP contribution in [0.4, 0.5) is 0 Å². The monoisotopic (exact) mass is 212 g/mol. The summed E-state index contributed by atoms with van der Waals surface area (Å²) in [4.78, 5) is 14.4. The molecule has 14 heavy (non-hydrogen) atoms. The first-order chi connectivity index (χ1) is 6.68. The molecule has 0 fully saturated rings. The predicted molar refractivity (Wildman–Crippen MR) is 55.3 cm³/mol. The lowest BCUT2D eigenvalue weighted by Gasteiger charge is -1.96. The van der Waals surface area contributed by atoms with Crippen LogP contribution in [0.1, 0.15) is 10.7 Å². The van der Waals surface area contributed by atoms with Crippen molar-refractivity contribution >= 4 is 17.3 Å². The maximum absolute atomic E-state index is 10.1. The molecule has 0 aliphatic heterocycles. The van der Waals surface area contributed by atoms with Crippen molar-refractivity contribution in [2.75, 3.05) is 6.54 Å². The first-order valence-electron chi connectivity index (χ1n) is 4.22. The molecule has 0 aromatic carbocycles. The molecule has 0 saturated heterocycles.